The average Bonchev–Trinajstić information content (AvgIpc) is 3.33. The molecule has 0 unspecified atom stereocenters. The van der Waals surface area contributed by atoms with E-state index in [1.807, 2.05) is 0 Å². The largest absolute Gasteiger partial charge is 0.477 e. The quantitative estimate of drug-likeness (QED) is 0.0475. The van der Waals surface area contributed by atoms with Crippen LogP contribution in [0.4, 0.5) is 0 Å². The van der Waals surface area contributed by atoms with Gasteiger partial charge < -0.3 is 135 Å². The maximum absolute atomic E-state index is 13.0. The lowest BCUT2D eigenvalue weighted by atomic mass is 9.88. The van der Waals surface area contributed by atoms with Gasteiger partial charge in [-0.2, -0.15) is 8.42 Å². The average molecular weight is 1120 g/mol. The maximum atomic E-state index is 13.0. The Morgan fingerprint density at radius 2 is 1.05 bits per heavy atom. The summed E-state index contributed by atoms with van der Waals surface area (Å²) >= 11 is 0. The Hall–Kier alpha value is -3.17. The number of hydrogen-bond acceptors (Lipinski definition) is 30. The van der Waals surface area contributed by atoms with Crippen molar-refractivity contribution >= 4 is 34.1 Å². The number of rotatable bonds is 21. The van der Waals surface area contributed by atoms with Crippen molar-refractivity contribution < 1.29 is 156 Å². The van der Waals surface area contributed by atoms with Crippen molar-refractivity contribution in [2.45, 2.75) is 186 Å². The zero-order valence-corrected chi connectivity index (χ0v) is 40.6. The van der Waals surface area contributed by atoms with Gasteiger partial charge in [-0.1, -0.05) is 0 Å². The molecule has 36 heteroatoms. The highest BCUT2D eigenvalue weighted by molar-refractivity contribution is 7.80. The molecular weight excluding hydrogens is 1050 g/mol. The Kier molecular flexibility index (Phi) is 21.9. The van der Waals surface area contributed by atoms with Gasteiger partial charge in [0.05, 0.1) is 45.2 Å². The Bertz CT molecular complexity index is 2030. The van der Waals surface area contributed by atoms with E-state index in [1.54, 1.807) is 0 Å². The normalized spacial score (nSPS) is 43.5. The third-order valence-corrected chi connectivity index (χ3v) is 13.1. The molecule has 0 spiro atoms. The lowest BCUT2D eigenvalue weighted by molar-refractivity contribution is -0.388. The summed E-state index contributed by atoms with van der Waals surface area (Å²) in [5, 5.41) is 169. The first kappa shape index (κ1) is 62.7. The predicted molar refractivity (Wildman–Crippen MR) is 229 cm³/mol. The molecule has 5 rings (SSSR count). The molecule has 5 aliphatic rings. The number of ether oxygens (including phenoxy) is 9. The smallest absolute Gasteiger partial charge is 0.397 e. The van der Waals surface area contributed by atoms with Crippen molar-refractivity contribution in [2.75, 3.05) is 33.0 Å². The number of amides is 3. The van der Waals surface area contributed by atoms with Gasteiger partial charge in [0.2, 0.25) is 17.7 Å². The standard InChI is InChI=1S/C39H65N3O32S/c1-10(47)40-19-13(50)4-39(38(60)61,73-31(19)22(52)14(51)5-43)74-33-25(55)17(8-46)68-37(28(33)58)70-29-18(9-65-75(62,63)64)69-35(20(26(29)56)41-11(2)48)72-32-24(54)16(7-45)67-36(27(32)57)71-30-21(42-12(3)49)34(59)66-15(6-44)23(30)53/h13-37,43-46,50-59H,4-9H2,1-3H3,(H,40,47)(H,41,48)(H,42,49)(H,60,61)(H,62,63,64)/t13-,14+,15+,16+,17+,18+,19+,20+,21+,22+,23-,24-,25+,26+,27+,28+,29+,30+,31+,32-,33-,34-,35-,36-,37-,39-/m0/s1. The number of hydrogen-bond donors (Lipinski definition) is 19. The van der Waals surface area contributed by atoms with Crippen molar-refractivity contribution in [3.63, 3.8) is 0 Å². The van der Waals surface area contributed by atoms with E-state index in [0.717, 1.165) is 20.8 Å². The number of nitrogens with one attached hydrogen (secondary N) is 3. The number of aliphatic carboxylic acids is 1. The molecule has 19 N–H and O–H groups in total. The lowest BCUT2D eigenvalue weighted by Gasteiger charge is -2.51. The van der Waals surface area contributed by atoms with Gasteiger partial charge in [-0.05, 0) is 0 Å². The van der Waals surface area contributed by atoms with Gasteiger partial charge in [-0.15, -0.1) is 0 Å². The summed E-state index contributed by atoms with van der Waals surface area (Å²) in [6.45, 7) is -2.86. The van der Waals surface area contributed by atoms with Crippen LogP contribution in [0.2, 0.25) is 0 Å². The number of carboxylic acid groups (broad SMARTS) is 1. The molecule has 0 saturated carbocycles. The predicted octanol–water partition coefficient (Wildman–Crippen LogP) is -12.5. The number of carboxylic acids is 1. The highest BCUT2D eigenvalue weighted by Gasteiger charge is 2.61. The van der Waals surface area contributed by atoms with E-state index in [0.29, 0.717) is 0 Å². The Morgan fingerprint density at radius 3 is 1.56 bits per heavy atom. The first-order valence-electron chi connectivity index (χ1n) is 22.9. The lowest BCUT2D eigenvalue weighted by Crippen LogP contribution is -2.71. The second-order valence-electron chi connectivity index (χ2n) is 18.1. The molecule has 35 nitrogen and oxygen atoms in total. The Balaban J connectivity index is 1.48. The monoisotopic (exact) mass is 1120 g/mol. The van der Waals surface area contributed by atoms with Crippen LogP contribution in [-0.2, 0) is 76.4 Å². The third-order valence-electron chi connectivity index (χ3n) is 12.7. The molecular formula is C39H65N3O32S. The van der Waals surface area contributed by atoms with Crippen molar-refractivity contribution in [3.05, 3.63) is 0 Å². The minimum atomic E-state index is -5.44. The van der Waals surface area contributed by atoms with Crippen LogP contribution in [-0.4, -0.2) is 305 Å². The van der Waals surface area contributed by atoms with Crippen LogP contribution in [0.1, 0.15) is 27.2 Å². The minimum absolute atomic E-state index is 0.788. The Morgan fingerprint density at radius 1 is 0.600 bits per heavy atom. The van der Waals surface area contributed by atoms with E-state index in [9.17, 15) is 109 Å². The fourth-order valence-electron chi connectivity index (χ4n) is 9.08. The number of aliphatic hydroxyl groups is 14. The van der Waals surface area contributed by atoms with E-state index >= 15 is 0 Å². The second kappa shape index (κ2) is 26.2. The molecule has 0 radical (unpaired) electrons. The molecule has 5 aliphatic heterocycles. The van der Waals surface area contributed by atoms with Gasteiger partial charge >= 0.3 is 16.4 Å². The summed E-state index contributed by atoms with van der Waals surface area (Å²) in [6, 6.07) is -5.34. The zero-order chi connectivity index (χ0) is 56.2. The second-order valence-corrected chi connectivity index (χ2v) is 19.2. The van der Waals surface area contributed by atoms with E-state index in [4.69, 9.17) is 42.6 Å². The van der Waals surface area contributed by atoms with Crippen LogP contribution in [0.3, 0.4) is 0 Å². The van der Waals surface area contributed by atoms with Gasteiger partial charge in [0.1, 0.15) is 116 Å². The fourth-order valence-corrected chi connectivity index (χ4v) is 9.38. The topological polar surface area (TPSA) is 554 Å². The zero-order valence-electron chi connectivity index (χ0n) is 39.8. The molecule has 434 valence electrons. The molecule has 0 bridgehead atoms. The SMILES string of the molecule is CC(=O)N[C@@H]1[C@@H](O[C@@H]2O[C@H](CO)[C@H](O)[C@H](O[C@@H]3O[C@H](COS(=O)(=O)O)[C@@H](O[C@@H]4O[C@H](CO)[C@@H](O)[C@H](O[C@]5(C(=O)O)C[C@H](O)[C@@H](NC(C)=O)[C@H]([C@H](O)[C@H](O)CO)O5)[C@H]4O)[C@H](O)[C@H]3NC(C)=O)[C@H]2O)[C@@H](O)[C@@H](CO)O[C@@H]1O. The van der Waals surface area contributed by atoms with Gasteiger partial charge in [-0.3, -0.25) is 18.9 Å². The van der Waals surface area contributed by atoms with Crippen LogP contribution in [0.25, 0.3) is 0 Å². The Labute approximate surface area is 424 Å². The van der Waals surface area contributed by atoms with E-state index in [2.05, 4.69) is 20.1 Å². The summed E-state index contributed by atoms with van der Waals surface area (Å²) in [5.74, 6) is -8.02. The molecule has 0 aromatic carbocycles. The maximum Gasteiger partial charge on any atom is 0.397 e. The van der Waals surface area contributed by atoms with Gasteiger partial charge in [-0.25, -0.2) is 8.98 Å². The first-order valence-corrected chi connectivity index (χ1v) is 24.2. The number of carbonyl (C=O) groups excluding carboxylic acids is 3. The van der Waals surface area contributed by atoms with Crippen LogP contribution >= 0.6 is 0 Å². The number of aliphatic hydroxyl groups excluding tert-OH is 14. The molecule has 5 saturated heterocycles. The van der Waals surface area contributed by atoms with Crippen LogP contribution in [0, 0.1) is 0 Å². The summed E-state index contributed by atoms with van der Waals surface area (Å²) < 4.78 is 88.7. The van der Waals surface area contributed by atoms with Gasteiger partial charge in [0, 0.05) is 27.2 Å². The molecule has 26 atom stereocenters. The molecule has 0 aromatic heterocycles. The van der Waals surface area contributed by atoms with Crippen molar-refractivity contribution in [2.24, 2.45) is 0 Å². The van der Waals surface area contributed by atoms with Crippen molar-refractivity contribution in [1.82, 2.24) is 16.0 Å². The van der Waals surface area contributed by atoms with Crippen LogP contribution in [0.5, 0.6) is 0 Å². The fraction of sp³-hybridized carbons (Fsp3) is 0.897. The van der Waals surface area contributed by atoms with E-state index in [-0.39, 0.29) is 0 Å². The van der Waals surface area contributed by atoms with Crippen LogP contribution in [0.15, 0.2) is 0 Å². The highest BCUT2D eigenvalue weighted by Crippen LogP contribution is 2.39. The molecule has 0 aromatic rings. The molecule has 75 heavy (non-hydrogen) atoms. The van der Waals surface area contributed by atoms with Crippen molar-refractivity contribution in [1.29, 1.82) is 0 Å². The van der Waals surface area contributed by atoms with E-state index < -0.39 is 232 Å². The number of carbonyl (C=O) groups is 4. The third kappa shape index (κ3) is 14.6. The molecule has 5 heterocycles. The summed E-state index contributed by atoms with van der Waals surface area (Å²) in [4.78, 5) is 49.8. The van der Waals surface area contributed by atoms with E-state index in [1.165, 1.54) is 0 Å². The molecule has 5 fully saturated rings. The molecule has 0 aliphatic carbocycles. The summed E-state index contributed by atoms with van der Waals surface area (Å²) in [7, 11) is -5.44. The summed E-state index contributed by atoms with van der Waals surface area (Å²) in [5.41, 5.74) is 0. The first-order chi connectivity index (χ1) is 35.0. The van der Waals surface area contributed by atoms with Gasteiger partial charge in [0.25, 0.3) is 5.79 Å². The highest BCUT2D eigenvalue weighted by atomic mass is 32.3. The summed E-state index contributed by atoms with van der Waals surface area (Å²) in [6.07, 6.45) is -47.8. The minimum Gasteiger partial charge on any atom is -0.477 e. The molecule has 3 amide bonds. The van der Waals surface area contributed by atoms with Gasteiger partial charge in [0.15, 0.2) is 25.2 Å². The van der Waals surface area contributed by atoms with Crippen LogP contribution < -0.4 is 16.0 Å². The van der Waals surface area contributed by atoms with Crippen molar-refractivity contribution in [3.8, 4) is 0 Å².